The molecule has 0 N–H and O–H groups in total. The van der Waals surface area contributed by atoms with E-state index in [9.17, 15) is 14.9 Å². The number of anilines is 1. The van der Waals surface area contributed by atoms with E-state index < -0.39 is 18.4 Å². The van der Waals surface area contributed by atoms with Crippen molar-refractivity contribution in [2.75, 3.05) is 32.4 Å². The van der Waals surface area contributed by atoms with Gasteiger partial charge in [-0.2, -0.15) is 5.26 Å². The summed E-state index contributed by atoms with van der Waals surface area (Å²) in [5.74, 6) is -0.230. The van der Waals surface area contributed by atoms with Crippen LogP contribution < -0.4 is 14.4 Å². The fraction of sp³-hybridized carbons (Fsp3) is 0.190. The molecule has 0 atom stereocenters. The average molecular weight is 378 g/mol. The molecule has 0 spiro atoms. The molecule has 0 fully saturated rings. The molecule has 1 aliphatic rings. The second-order valence-corrected chi connectivity index (χ2v) is 6.22. The fourth-order valence-corrected chi connectivity index (χ4v) is 2.53. The van der Waals surface area contributed by atoms with Crippen LogP contribution >= 0.6 is 0 Å². The molecule has 0 amide bonds. The highest BCUT2D eigenvalue weighted by Gasteiger charge is 2.18. The highest BCUT2D eigenvalue weighted by molar-refractivity contribution is 6.02. The van der Waals surface area contributed by atoms with Crippen LogP contribution in [0.15, 0.2) is 48.0 Å². The molecule has 0 saturated carbocycles. The average Bonchev–Trinajstić information content (AvgIpc) is 3.18. The van der Waals surface area contributed by atoms with E-state index in [-0.39, 0.29) is 12.4 Å². The summed E-state index contributed by atoms with van der Waals surface area (Å²) < 4.78 is 15.4. The second kappa shape index (κ2) is 8.27. The lowest BCUT2D eigenvalue weighted by Gasteiger charge is -2.11. The number of carbonyl (C=O) groups excluding carboxylic acids is 2. The van der Waals surface area contributed by atoms with Crippen LogP contribution in [0.4, 0.5) is 5.69 Å². The standard InChI is InChI=1S/C21H18N2O5/c1-23(2)17-6-3-14(4-7-17)9-16(11-22)21(25)26-12-18(24)15-5-8-19-20(10-15)28-13-27-19/h3-10H,12-13H2,1-2H3/b16-9+. The summed E-state index contributed by atoms with van der Waals surface area (Å²) in [4.78, 5) is 26.3. The Hall–Kier alpha value is -3.79. The van der Waals surface area contributed by atoms with Gasteiger partial charge in [0.2, 0.25) is 6.79 Å². The van der Waals surface area contributed by atoms with Gasteiger partial charge in [-0.3, -0.25) is 4.79 Å². The van der Waals surface area contributed by atoms with Gasteiger partial charge in [0.05, 0.1) is 0 Å². The number of fused-ring (bicyclic) bond motifs is 1. The molecule has 3 rings (SSSR count). The third kappa shape index (κ3) is 4.30. The van der Waals surface area contributed by atoms with Gasteiger partial charge in [0.1, 0.15) is 11.6 Å². The van der Waals surface area contributed by atoms with Crippen LogP contribution in [0.25, 0.3) is 6.08 Å². The first kappa shape index (κ1) is 19.0. The minimum Gasteiger partial charge on any atom is -0.454 e. The number of nitriles is 1. The van der Waals surface area contributed by atoms with Crippen molar-refractivity contribution < 1.29 is 23.8 Å². The van der Waals surface area contributed by atoms with Gasteiger partial charge in [-0.05, 0) is 42.0 Å². The SMILES string of the molecule is CN(C)c1ccc(/C=C(\C#N)C(=O)OCC(=O)c2ccc3c(c2)OCO3)cc1. The van der Waals surface area contributed by atoms with E-state index >= 15 is 0 Å². The summed E-state index contributed by atoms with van der Waals surface area (Å²) >= 11 is 0. The molecule has 28 heavy (non-hydrogen) atoms. The third-order valence-electron chi connectivity index (χ3n) is 4.09. The molecular weight excluding hydrogens is 360 g/mol. The van der Waals surface area contributed by atoms with E-state index in [4.69, 9.17) is 14.2 Å². The van der Waals surface area contributed by atoms with Crippen LogP contribution in [0, 0.1) is 11.3 Å². The predicted octanol–water partition coefficient (Wildman–Crippen LogP) is 2.81. The Morgan fingerprint density at radius 3 is 2.54 bits per heavy atom. The zero-order valence-corrected chi connectivity index (χ0v) is 15.5. The first-order valence-electron chi connectivity index (χ1n) is 8.47. The number of benzene rings is 2. The van der Waals surface area contributed by atoms with Crippen molar-refractivity contribution in [1.82, 2.24) is 0 Å². The van der Waals surface area contributed by atoms with Gasteiger partial charge in [-0.15, -0.1) is 0 Å². The molecule has 0 unspecified atom stereocenters. The summed E-state index contributed by atoms with van der Waals surface area (Å²) in [6, 6.07) is 13.9. The van der Waals surface area contributed by atoms with Gasteiger partial charge in [0.25, 0.3) is 0 Å². The zero-order chi connectivity index (χ0) is 20.1. The van der Waals surface area contributed by atoms with Crippen molar-refractivity contribution in [3.05, 3.63) is 59.2 Å². The maximum Gasteiger partial charge on any atom is 0.349 e. The van der Waals surface area contributed by atoms with Crippen molar-refractivity contribution in [3.8, 4) is 17.6 Å². The molecule has 1 aliphatic heterocycles. The Bertz CT molecular complexity index is 971. The molecule has 142 valence electrons. The molecule has 2 aromatic rings. The first-order chi connectivity index (χ1) is 13.5. The maximum absolute atomic E-state index is 12.2. The number of esters is 1. The Labute approximate surface area is 162 Å². The highest BCUT2D eigenvalue weighted by Crippen LogP contribution is 2.32. The predicted molar refractivity (Wildman–Crippen MR) is 102 cm³/mol. The Kier molecular flexibility index (Phi) is 5.61. The molecule has 7 heteroatoms. The molecule has 0 bridgehead atoms. The summed E-state index contributed by atoms with van der Waals surface area (Å²) in [6.07, 6.45) is 1.42. The molecule has 0 radical (unpaired) electrons. The van der Waals surface area contributed by atoms with Crippen molar-refractivity contribution in [3.63, 3.8) is 0 Å². The van der Waals surface area contributed by atoms with E-state index in [2.05, 4.69) is 0 Å². The Morgan fingerprint density at radius 1 is 1.14 bits per heavy atom. The molecule has 0 aromatic heterocycles. The molecule has 2 aromatic carbocycles. The number of rotatable bonds is 6. The smallest absolute Gasteiger partial charge is 0.349 e. The van der Waals surface area contributed by atoms with Crippen LogP contribution in [-0.4, -0.2) is 39.2 Å². The fourth-order valence-electron chi connectivity index (χ4n) is 2.53. The first-order valence-corrected chi connectivity index (χ1v) is 8.47. The molecule has 7 nitrogen and oxygen atoms in total. The van der Waals surface area contributed by atoms with Crippen molar-refractivity contribution >= 4 is 23.5 Å². The van der Waals surface area contributed by atoms with Crippen LogP contribution in [0.5, 0.6) is 11.5 Å². The number of nitrogens with zero attached hydrogens (tertiary/aromatic N) is 2. The topological polar surface area (TPSA) is 88.9 Å². The molecular formula is C21H18N2O5. The Morgan fingerprint density at radius 2 is 1.86 bits per heavy atom. The monoisotopic (exact) mass is 378 g/mol. The lowest BCUT2D eigenvalue weighted by molar-refractivity contribution is -0.137. The van der Waals surface area contributed by atoms with Crippen molar-refractivity contribution in [1.29, 1.82) is 5.26 Å². The van der Waals surface area contributed by atoms with Gasteiger partial charge in [-0.25, -0.2) is 4.79 Å². The van der Waals surface area contributed by atoms with Gasteiger partial charge in [0.15, 0.2) is 23.9 Å². The van der Waals surface area contributed by atoms with E-state index in [1.807, 2.05) is 37.2 Å². The quantitative estimate of drug-likeness (QED) is 0.330. The van der Waals surface area contributed by atoms with Crippen molar-refractivity contribution in [2.45, 2.75) is 0 Å². The molecule has 0 aliphatic carbocycles. The minimum atomic E-state index is -0.853. The summed E-state index contributed by atoms with van der Waals surface area (Å²) in [7, 11) is 3.83. The van der Waals surface area contributed by atoms with Gasteiger partial charge < -0.3 is 19.1 Å². The number of ether oxygens (including phenoxy) is 3. The summed E-state index contributed by atoms with van der Waals surface area (Å²) in [5, 5.41) is 9.25. The number of carbonyl (C=O) groups is 2. The van der Waals surface area contributed by atoms with E-state index in [0.717, 1.165) is 5.69 Å². The lowest BCUT2D eigenvalue weighted by atomic mass is 10.1. The number of Topliss-reactive ketones (excluding diaryl/α,β-unsaturated/α-hetero) is 1. The highest BCUT2D eigenvalue weighted by atomic mass is 16.7. The summed E-state index contributed by atoms with van der Waals surface area (Å²) in [6.45, 7) is -0.370. The van der Waals surface area contributed by atoms with Crippen LogP contribution in [0.1, 0.15) is 15.9 Å². The van der Waals surface area contributed by atoms with Crippen molar-refractivity contribution in [2.24, 2.45) is 0 Å². The molecule has 1 heterocycles. The van der Waals surface area contributed by atoms with E-state index in [1.165, 1.54) is 12.1 Å². The van der Waals surface area contributed by atoms with Gasteiger partial charge in [0, 0.05) is 25.3 Å². The van der Waals surface area contributed by atoms with Crippen LogP contribution in [0.3, 0.4) is 0 Å². The number of hydrogen-bond donors (Lipinski definition) is 0. The van der Waals surface area contributed by atoms with Crippen LogP contribution in [0.2, 0.25) is 0 Å². The number of ketones is 1. The second-order valence-electron chi connectivity index (χ2n) is 6.22. The van der Waals surface area contributed by atoms with E-state index in [1.54, 1.807) is 24.3 Å². The molecule has 0 saturated heterocycles. The number of hydrogen-bond acceptors (Lipinski definition) is 7. The van der Waals surface area contributed by atoms with Gasteiger partial charge in [-0.1, -0.05) is 12.1 Å². The Balaban J connectivity index is 1.63. The van der Waals surface area contributed by atoms with Crippen LogP contribution in [-0.2, 0) is 9.53 Å². The maximum atomic E-state index is 12.2. The summed E-state index contributed by atoms with van der Waals surface area (Å²) in [5.41, 5.74) is 1.82. The largest absolute Gasteiger partial charge is 0.454 e. The van der Waals surface area contributed by atoms with Gasteiger partial charge >= 0.3 is 5.97 Å². The zero-order valence-electron chi connectivity index (χ0n) is 15.5. The van der Waals surface area contributed by atoms with E-state index in [0.29, 0.717) is 22.6 Å². The minimum absolute atomic E-state index is 0.105. The lowest BCUT2D eigenvalue weighted by Crippen LogP contribution is -2.15. The normalized spacial score (nSPS) is 12.2. The third-order valence-corrected chi connectivity index (χ3v) is 4.09.